The summed E-state index contributed by atoms with van der Waals surface area (Å²) in [6.45, 7) is 1.88. The van der Waals surface area contributed by atoms with E-state index in [4.69, 9.17) is 10.9 Å². The van der Waals surface area contributed by atoms with Crippen LogP contribution in [0.15, 0.2) is 5.16 Å². The average Bonchev–Trinajstić information content (AvgIpc) is 2.73. The summed E-state index contributed by atoms with van der Waals surface area (Å²) in [4.78, 5) is 12.0. The average molecular weight is 229 g/mol. The molecule has 0 bridgehead atoms. The first kappa shape index (κ1) is 11.4. The highest BCUT2D eigenvalue weighted by atomic mass is 32.1. The highest BCUT2D eigenvalue weighted by Gasteiger charge is 2.14. The number of nitrogens with two attached hydrogens (primary N) is 1. The Hall–Kier alpha value is -1.70. The molecular weight excluding hydrogens is 218 g/mol. The van der Waals surface area contributed by atoms with E-state index in [1.807, 2.05) is 6.92 Å². The number of nitrogens with one attached hydrogen (secondary N) is 1. The Morgan fingerprint density at radius 3 is 3.07 bits per heavy atom. The van der Waals surface area contributed by atoms with Gasteiger partial charge in [0.25, 0.3) is 5.91 Å². The standard InChI is InChI=1S/C7H11N5O2S/c1-2-4-6(15-12-10-4)7(13)9-3-5(8)11-14/h14H,2-3H2,1H3,(H2,8,11)(H,9,13). The van der Waals surface area contributed by atoms with Gasteiger partial charge in [0.05, 0.1) is 12.2 Å². The number of amides is 1. The summed E-state index contributed by atoms with van der Waals surface area (Å²) in [5, 5.41) is 17.3. The van der Waals surface area contributed by atoms with Gasteiger partial charge in [0.15, 0.2) is 5.84 Å². The Labute approximate surface area is 90.1 Å². The molecule has 1 aromatic rings. The van der Waals surface area contributed by atoms with Crippen molar-refractivity contribution in [2.24, 2.45) is 10.9 Å². The second-order valence-corrected chi connectivity index (χ2v) is 3.43. The second-order valence-electron chi connectivity index (χ2n) is 2.68. The molecule has 1 heterocycles. The number of amidine groups is 1. The monoisotopic (exact) mass is 229 g/mol. The normalized spacial score (nSPS) is 11.4. The van der Waals surface area contributed by atoms with Gasteiger partial charge in [0.2, 0.25) is 0 Å². The van der Waals surface area contributed by atoms with Gasteiger partial charge in [0, 0.05) is 0 Å². The molecule has 8 heteroatoms. The van der Waals surface area contributed by atoms with E-state index < -0.39 is 0 Å². The number of aryl methyl sites for hydroxylation is 1. The summed E-state index contributed by atoms with van der Waals surface area (Å²) < 4.78 is 3.68. The third-order valence-corrected chi connectivity index (χ3v) is 2.42. The van der Waals surface area contributed by atoms with Crippen LogP contribution in [0.3, 0.4) is 0 Å². The molecule has 0 saturated heterocycles. The lowest BCUT2D eigenvalue weighted by Gasteiger charge is -2.01. The van der Waals surface area contributed by atoms with Crippen molar-refractivity contribution in [3.05, 3.63) is 10.6 Å². The van der Waals surface area contributed by atoms with E-state index in [-0.39, 0.29) is 18.3 Å². The van der Waals surface area contributed by atoms with E-state index in [1.54, 1.807) is 0 Å². The van der Waals surface area contributed by atoms with Crippen LogP contribution < -0.4 is 11.1 Å². The number of aromatic nitrogens is 2. The Morgan fingerprint density at radius 2 is 2.47 bits per heavy atom. The van der Waals surface area contributed by atoms with Crippen LogP contribution in [0.2, 0.25) is 0 Å². The minimum atomic E-state index is -0.312. The lowest BCUT2D eigenvalue weighted by molar-refractivity contribution is 0.0962. The van der Waals surface area contributed by atoms with Crippen LogP contribution in [-0.2, 0) is 6.42 Å². The number of oxime groups is 1. The Bertz CT molecular complexity index is 375. The van der Waals surface area contributed by atoms with Crippen molar-refractivity contribution in [2.75, 3.05) is 6.54 Å². The molecule has 82 valence electrons. The molecule has 1 rings (SSSR count). The Morgan fingerprint density at radius 1 is 1.73 bits per heavy atom. The summed E-state index contributed by atoms with van der Waals surface area (Å²) in [6, 6.07) is 0. The minimum absolute atomic E-state index is 0.00358. The summed E-state index contributed by atoms with van der Waals surface area (Å²) in [6.07, 6.45) is 0.642. The first-order chi connectivity index (χ1) is 7.19. The largest absolute Gasteiger partial charge is 0.409 e. The van der Waals surface area contributed by atoms with E-state index >= 15 is 0 Å². The molecule has 0 fully saturated rings. The van der Waals surface area contributed by atoms with Gasteiger partial charge < -0.3 is 16.3 Å². The second kappa shape index (κ2) is 5.25. The highest BCUT2D eigenvalue weighted by Crippen LogP contribution is 2.10. The van der Waals surface area contributed by atoms with Gasteiger partial charge in [-0.05, 0) is 18.0 Å². The van der Waals surface area contributed by atoms with Crippen LogP contribution >= 0.6 is 11.5 Å². The van der Waals surface area contributed by atoms with E-state index in [0.717, 1.165) is 11.5 Å². The Kier molecular flexibility index (Phi) is 3.98. The number of hydrogen-bond donors (Lipinski definition) is 3. The molecule has 0 unspecified atom stereocenters. The smallest absolute Gasteiger partial charge is 0.265 e. The predicted molar refractivity (Wildman–Crippen MR) is 55.0 cm³/mol. The van der Waals surface area contributed by atoms with E-state index in [0.29, 0.717) is 17.0 Å². The van der Waals surface area contributed by atoms with Crippen molar-refractivity contribution in [3.63, 3.8) is 0 Å². The molecular formula is C7H11N5O2S. The Balaban J connectivity index is 2.61. The fourth-order valence-corrected chi connectivity index (χ4v) is 1.57. The topological polar surface area (TPSA) is 113 Å². The van der Waals surface area contributed by atoms with Gasteiger partial charge in [-0.1, -0.05) is 16.6 Å². The number of carbonyl (C=O) groups is 1. The quantitative estimate of drug-likeness (QED) is 0.281. The first-order valence-corrected chi connectivity index (χ1v) is 5.02. The molecule has 1 aromatic heterocycles. The number of nitrogens with zero attached hydrogens (tertiary/aromatic N) is 3. The summed E-state index contributed by atoms with van der Waals surface area (Å²) in [5.41, 5.74) is 5.85. The molecule has 4 N–H and O–H groups in total. The zero-order chi connectivity index (χ0) is 11.3. The lowest BCUT2D eigenvalue weighted by Crippen LogP contribution is -2.33. The molecule has 7 nitrogen and oxygen atoms in total. The highest BCUT2D eigenvalue weighted by molar-refractivity contribution is 7.08. The zero-order valence-corrected chi connectivity index (χ0v) is 8.91. The maximum Gasteiger partial charge on any atom is 0.265 e. The molecule has 0 spiro atoms. The van der Waals surface area contributed by atoms with Crippen molar-refractivity contribution in [1.82, 2.24) is 14.9 Å². The fourth-order valence-electron chi connectivity index (χ4n) is 0.899. The molecule has 0 saturated carbocycles. The van der Waals surface area contributed by atoms with Gasteiger partial charge in [-0.2, -0.15) is 0 Å². The summed E-state index contributed by atoms with van der Waals surface area (Å²) >= 11 is 1.03. The SMILES string of the molecule is CCc1nnsc1C(=O)NCC(N)=NO. The van der Waals surface area contributed by atoms with Gasteiger partial charge in [-0.3, -0.25) is 4.79 Å². The summed E-state index contributed by atoms with van der Waals surface area (Å²) in [5.74, 6) is -0.368. The molecule has 0 radical (unpaired) electrons. The van der Waals surface area contributed by atoms with Crippen molar-refractivity contribution in [3.8, 4) is 0 Å². The number of carbonyl (C=O) groups excluding carboxylic acids is 1. The molecule has 0 aliphatic carbocycles. The zero-order valence-electron chi connectivity index (χ0n) is 8.10. The van der Waals surface area contributed by atoms with Gasteiger partial charge in [-0.15, -0.1) is 5.10 Å². The van der Waals surface area contributed by atoms with Crippen molar-refractivity contribution < 1.29 is 10.0 Å². The van der Waals surface area contributed by atoms with Gasteiger partial charge in [-0.25, -0.2) is 0 Å². The van der Waals surface area contributed by atoms with Crippen LogP contribution in [0, 0.1) is 0 Å². The molecule has 1 amide bonds. The van der Waals surface area contributed by atoms with E-state index in [1.165, 1.54) is 0 Å². The molecule has 0 aliphatic rings. The predicted octanol–water partition coefficient (Wildman–Crippen LogP) is -0.423. The minimum Gasteiger partial charge on any atom is -0.409 e. The molecule has 0 aromatic carbocycles. The van der Waals surface area contributed by atoms with Crippen molar-refractivity contribution in [1.29, 1.82) is 0 Å². The van der Waals surface area contributed by atoms with Crippen molar-refractivity contribution >= 4 is 23.3 Å². The van der Waals surface area contributed by atoms with E-state index in [9.17, 15) is 4.79 Å². The lowest BCUT2D eigenvalue weighted by atomic mass is 10.3. The van der Waals surface area contributed by atoms with Crippen LogP contribution in [0.1, 0.15) is 22.3 Å². The molecule has 0 aliphatic heterocycles. The maximum absolute atomic E-state index is 11.5. The summed E-state index contributed by atoms with van der Waals surface area (Å²) in [7, 11) is 0. The van der Waals surface area contributed by atoms with Crippen LogP contribution in [0.4, 0.5) is 0 Å². The van der Waals surface area contributed by atoms with Gasteiger partial charge in [0.1, 0.15) is 4.88 Å². The first-order valence-electron chi connectivity index (χ1n) is 4.24. The maximum atomic E-state index is 11.5. The van der Waals surface area contributed by atoms with Crippen LogP contribution in [-0.4, -0.2) is 33.1 Å². The molecule has 15 heavy (non-hydrogen) atoms. The third kappa shape index (κ3) is 2.88. The number of hydrogen-bond acceptors (Lipinski definition) is 6. The fraction of sp³-hybridized carbons (Fsp3) is 0.429. The third-order valence-electron chi connectivity index (χ3n) is 1.66. The van der Waals surface area contributed by atoms with Crippen molar-refractivity contribution in [2.45, 2.75) is 13.3 Å². The van der Waals surface area contributed by atoms with Crippen LogP contribution in [0.5, 0.6) is 0 Å². The number of rotatable bonds is 4. The van der Waals surface area contributed by atoms with E-state index in [2.05, 4.69) is 20.1 Å². The molecule has 0 atom stereocenters. The van der Waals surface area contributed by atoms with Gasteiger partial charge >= 0.3 is 0 Å². The van der Waals surface area contributed by atoms with Crippen LogP contribution in [0.25, 0.3) is 0 Å².